The van der Waals surface area contributed by atoms with Crippen molar-refractivity contribution in [1.29, 1.82) is 0 Å². The summed E-state index contributed by atoms with van der Waals surface area (Å²) >= 11 is 1.84. The van der Waals surface area contributed by atoms with Gasteiger partial charge in [0.05, 0.1) is 0 Å². The minimum Gasteiger partial charge on any atom is -0.208 e. The Morgan fingerprint density at radius 2 is 0.673 bits per heavy atom. The fourth-order valence-electron chi connectivity index (χ4n) is 6.42. The second-order valence-corrected chi connectivity index (χ2v) is 13.2. The molecule has 0 aliphatic heterocycles. The maximum Gasteiger partial charge on any atom is 0.164 e. The predicted molar refractivity (Wildman–Crippen MR) is 205 cm³/mol. The van der Waals surface area contributed by atoms with E-state index in [-0.39, 0.29) is 0 Å². The van der Waals surface area contributed by atoms with Crippen molar-refractivity contribution in [1.82, 2.24) is 15.0 Å². The monoisotopic (exact) mass is 643 g/mol. The van der Waals surface area contributed by atoms with E-state index < -0.39 is 0 Å². The Morgan fingerprint density at radius 3 is 1.33 bits per heavy atom. The number of hydrogen-bond acceptors (Lipinski definition) is 4. The maximum atomic E-state index is 5.10. The third kappa shape index (κ3) is 5.69. The molecule has 0 radical (unpaired) electrons. The Balaban J connectivity index is 1.16. The molecular weight excluding hydrogens is 615 g/mol. The Bertz CT molecular complexity index is 2590. The van der Waals surface area contributed by atoms with Crippen LogP contribution in [0.2, 0.25) is 0 Å². The second-order valence-electron chi connectivity index (χ2n) is 12.1. The SMILES string of the molecule is c1ccc(-c2ccc(-c3nc(-c4cccc(-c5ccccc5)c4)nc(-c4cccc(-c5ccc6sc7ccccc7c6c5)c4)n3)cc2)cc1. The molecule has 0 fully saturated rings. The normalized spacial score (nSPS) is 11.3. The van der Waals surface area contributed by atoms with Gasteiger partial charge in [0.25, 0.3) is 0 Å². The van der Waals surface area contributed by atoms with Gasteiger partial charge >= 0.3 is 0 Å². The van der Waals surface area contributed by atoms with Gasteiger partial charge in [-0.2, -0.15) is 0 Å². The fourth-order valence-corrected chi connectivity index (χ4v) is 7.50. The first kappa shape index (κ1) is 29.0. The summed E-state index contributed by atoms with van der Waals surface area (Å²) in [5.41, 5.74) is 9.71. The van der Waals surface area contributed by atoms with Gasteiger partial charge in [-0.3, -0.25) is 0 Å². The first-order valence-electron chi connectivity index (χ1n) is 16.4. The summed E-state index contributed by atoms with van der Waals surface area (Å²) in [7, 11) is 0. The quantitative estimate of drug-likeness (QED) is 0.181. The summed E-state index contributed by atoms with van der Waals surface area (Å²) in [6.07, 6.45) is 0. The molecule has 49 heavy (non-hydrogen) atoms. The average Bonchev–Trinajstić information content (AvgIpc) is 3.57. The van der Waals surface area contributed by atoms with Crippen molar-refractivity contribution in [2.24, 2.45) is 0 Å². The lowest BCUT2D eigenvalue weighted by molar-refractivity contribution is 1.07. The Labute approximate surface area is 288 Å². The molecule has 2 heterocycles. The smallest absolute Gasteiger partial charge is 0.164 e. The number of benzene rings is 7. The second kappa shape index (κ2) is 12.4. The molecule has 0 aliphatic carbocycles. The molecule has 7 aromatic carbocycles. The van der Waals surface area contributed by atoms with Gasteiger partial charge in [0.1, 0.15) is 0 Å². The number of rotatable bonds is 6. The van der Waals surface area contributed by atoms with E-state index in [4.69, 9.17) is 15.0 Å². The molecule has 0 saturated heterocycles. The number of fused-ring (bicyclic) bond motifs is 3. The highest BCUT2D eigenvalue weighted by molar-refractivity contribution is 7.25. The lowest BCUT2D eigenvalue weighted by Gasteiger charge is -2.11. The van der Waals surface area contributed by atoms with Crippen LogP contribution in [0.4, 0.5) is 0 Å². The van der Waals surface area contributed by atoms with E-state index in [1.165, 1.54) is 31.3 Å². The molecule has 0 N–H and O–H groups in total. The van der Waals surface area contributed by atoms with E-state index in [1.807, 2.05) is 23.5 Å². The van der Waals surface area contributed by atoms with Gasteiger partial charge in [-0.25, -0.2) is 15.0 Å². The molecule has 9 rings (SSSR count). The number of thiophene rings is 1. The Morgan fingerprint density at radius 1 is 0.265 bits per heavy atom. The molecule has 0 bridgehead atoms. The van der Waals surface area contributed by atoms with Crippen molar-refractivity contribution in [2.75, 3.05) is 0 Å². The van der Waals surface area contributed by atoms with Gasteiger partial charge in [0.2, 0.25) is 0 Å². The number of hydrogen-bond donors (Lipinski definition) is 0. The summed E-state index contributed by atoms with van der Waals surface area (Å²) < 4.78 is 2.60. The maximum absolute atomic E-state index is 5.10. The molecule has 4 heteroatoms. The largest absolute Gasteiger partial charge is 0.208 e. The van der Waals surface area contributed by atoms with Gasteiger partial charge in [-0.1, -0.05) is 146 Å². The van der Waals surface area contributed by atoms with Crippen molar-refractivity contribution < 1.29 is 0 Å². The summed E-state index contributed by atoms with van der Waals surface area (Å²) in [5, 5.41) is 2.58. The molecule has 0 unspecified atom stereocenters. The van der Waals surface area contributed by atoms with Crippen LogP contribution < -0.4 is 0 Å². The third-order valence-corrected chi connectivity index (χ3v) is 10.1. The fraction of sp³-hybridized carbons (Fsp3) is 0. The van der Waals surface area contributed by atoms with Crippen LogP contribution in [0.5, 0.6) is 0 Å². The highest BCUT2D eigenvalue weighted by Crippen LogP contribution is 2.37. The number of aromatic nitrogens is 3. The van der Waals surface area contributed by atoms with Crippen LogP contribution in [0, 0.1) is 0 Å². The van der Waals surface area contributed by atoms with Crippen LogP contribution in [0.15, 0.2) is 176 Å². The van der Waals surface area contributed by atoms with Crippen LogP contribution in [0.3, 0.4) is 0 Å². The van der Waals surface area contributed by atoms with Crippen LogP contribution >= 0.6 is 11.3 Å². The molecule has 0 spiro atoms. The summed E-state index contributed by atoms with van der Waals surface area (Å²) in [5.74, 6) is 1.92. The Kier molecular flexibility index (Phi) is 7.34. The minimum absolute atomic E-state index is 0.640. The van der Waals surface area contributed by atoms with E-state index >= 15 is 0 Å². The summed E-state index contributed by atoms with van der Waals surface area (Å²) in [4.78, 5) is 15.2. The van der Waals surface area contributed by atoms with Gasteiger partial charge in [-0.15, -0.1) is 11.3 Å². The summed E-state index contributed by atoms with van der Waals surface area (Å²) in [6, 6.07) is 61.6. The zero-order valence-corrected chi connectivity index (χ0v) is 27.3. The topological polar surface area (TPSA) is 38.7 Å². The third-order valence-electron chi connectivity index (χ3n) is 8.94. The van der Waals surface area contributed by atoms with E-state index in [2.05, 4.69) is 164 Å². The highest BCUT2D eigenvalue weighted by Gasteiger charge is 2.15. The van der Waals surface area contributed by atoms with Gasteiger partial charge in [-0.05, 0) is 63.7 Å². The minimum atomic E-state index is 0.640. The van der Waals surface area contributed by atoms with Crippen molar-refractivity contribution in [3.63, 3.8) is 0 Å². The first-order chi connectivity index (χ1) is 24.2. The number of nitrogens with zero attached hydrogens (tertiary/aromatic N) is 3. The standard InChI is InChI=1S/C45H29N3S/c1-3-11-30(12-4-1)32-21-23-33(24-22-32)43-46-44(37-17-9-15-34(27-37)31-13-5-2-6-14-31)48-45(47-43)38-18-10-16-35(28-38)36-25-26-42-40(29-36)39-19-7-8-20-41(39)49-42/h1-29H. The van der Waals surface area contributed by atoms with Crippen molar-refractivity contribution >= 4 is 31.5 Å². The van der Waals surface area contributed by atoms with Gasteiger partial charge in [0.15, 0.2) is 17.5 Å². The molecule has 0 atom stereocenters. The molecule has 3 nitrogen and oxygen atoms in total. The van der Waals surface area contributed by atoms with Crippen LogP contribution in [-0.2, 0) is 0 Å². The van der Waals surface area contributed by atoms with E-state index in [0.717, 1.165) is 38.9 Å². The highest BCUT2D eigenvalue weighted by atomic mass is 32.1. The van der Waals surface area contributed by atoms with Crippen LogP contribution in [-0.4, -0.2) is 15.0 Å². The van der Waals surface area contributed by atoms with E-state index in [9.17, 15) is 0 Å². The van der Waals surface area contributed by atoms with Gasteiger partial charge < -0.3 is 0 Å². The average molecular weight is 644 g/mol. The molecular formula is C45H29N3S. The molecule has 9 aromatic rings. The van der Waals surface area contributed by atoms with Crippen LogP contribution in [0.25, 0.3) is 87.7 Å². The first-order valence-corrected chi connectivity index (χ1v) is 17.2. The van der Waals surface area contributed by atoms with E-state index in [1.54, 1.807) is 0 Å². The zero-order valence-electron chi connectivity index (χ0n) is 26.5. The Hall–Kier alpha value is -6.23. The lowest BCUT2D eigenvalue weighted by atomic mass is 10.0. The van der Waals surface area contributed by atoms with Crippen molar-refractivity contribution in [3.05, 3.63) is 176 Å². The molecule has 0 saturated carbocycles. The van der Waals surface area contributed by atoms with Crippen LogP contribution in [0.1, 0.15) is 0 Å². The van der Waals surface area contributed by atoms with Crippen molar-refractivity contribution in [2.45, 2.75) is 0 Å². The van der Waals surface area contributed by atoms with Crippen molar-refractivity contribution in [3.8, 4) is 67.5 Å². The molecule has 0 amide bonds. The summed E-state index contributed by atoms with van der Waals surface area (Å²) in [6.45, 7) is 0. The zero-order chi connectivity index (χ0) is 32.6. The van der Waals surface area contributed by atoms with E-state index in [0.29, 0.717) is 17.5 Å². The molecule has 0 aliphatic rings. The lowest BCUT2D eigenvalue weighted by Crippen LogP contribution is -2.00. The molecule has 2 aromatic heterocycles. The molecule has 230 valence electrons. The van der Waals surface area contributed by atoms with Gasteiger partial charge in [0, 0.05) is 36.9 Å². The predicted octanol–water partition coefficient (Wildman–Crippen LogP) is 12.2.